The fourth-order valence-corrected chi connectivity index (χ4v) is 4.58. The fourth-order valence-electron chi connectivity index (χ4n) is 3.45. The third-order valence-corrected chi connectivity index (χ3v) is 7.09. The summed E-state index contributed by atoms with van der Waals surface area (Å²) in [6, 6.07) is 13.3. The molecule has 1 fully saturated rings. The Morgan fingerprint density at radius 1 is 1.10 bits per heavy atom. The third kappa shape index (κ3) is 5.06. The van der Waals surface area contributed by atoms with Gasteiger partial charge in [0.1, 0.15) is 0 Å². The Morgan fingerprint density at radius 3 is 2.27 bits per heavy atom. The normalized spacial score (nSPS) is 16.7. The average Bonchev–Trinajstić information content (AvgIpc) is 3.14. The van der Waals surface area contributed by atoms with Gasteiger partial charge < -0.3 is 10.2 Å². The van der Waals surface area contributed by atoms with Crippen molar-refractivity contribution in [2.45, 2.75) is 25.2 Å². The molecule has 1 amide bonds. The van der Waals surface area contributed by atoms with Crippen LogP contribution in [0.15, 0.2) is 53.4 Å². The zero-order valence-electron chi connectivity index (χ0n) is 17.5. The van der Waals surface area contributed by atoms with Crippen molar-refractivity contribution in [1.29, 1.82) is 0 Å². The number of ketones is 1. The number of rotatable bonds is 7. The SMILES string of the molecule is CC(=O)c1ccc(S(=O)(=O)N(C)CC(=O)Nc2ccc(N3CCC(C)C3)cc2)cc1. The molecule has 1 unspecified atom stereocenters. The van der Waals surface area contributed by atoms with Crippen LogP contribution in [0.3, 0.4) is 0 Å². The molecule has 0 saturated carbocycles. The quantitative estimate of drug-likeness (QED) is 0.684. The van der Waals surface area contributed by atoms with Crippen LogP contribution < -0.4 is 10.2 Å². The Labute approximate surface area is 177 Å². The zero-order valence-corrected chi connectivity index (χ0v) is 18.3. The number of nitrogens with one attached hydrogen (secondary N) is 1. The average molecular weight is 430 g/mol. The van der Waals surface area contributed by atoms with E-state index in [0.29, 0.717) is 17.2 Å². The van der Waals surface area contributed by atoms with Crippen molar-refractivity contribution < 1.29 is 18.0 Å². The van der Waals surface area contributed by atoms with Gasteiger partial charge >= 0.3 is 0 Å². The number of sulfonamides is 1. The summed E-state index contributed by atoms with van der Waals surface area (Å²) in [5.74, 6) is 0.112. The maximum atomic E-state index is 12.7. The Kier molecular flexibility index (Phi) is 6.58. The van der Waals surface area contributed by atoms with E-state index >= 15 is 0 Å². The summed E-state index contributed by atoms with van der Waals surface area (Å²) in [7, 11) is -2.48. The first kappa shape index (κ1) is 22.0. The summed E-state index contributed by atoms with van der Waals surface area (Å²) < 4.78 is 26.3. The fraction of sp³-hybridized carbons (Fsp3) is 0.364. The standard InChI is InChI=1S/C22H27N3O4S/c1-16-12-13-25(14-16)20-8-6-19(7-9-20)23-22(27)15-24(3)30(28,29)21-10-4-18(5-11-21)17(2)26/h4-11,16H,12-15H2,1-3H3,(H,23,27). The Bertz CT molecular complexity index is 1020. The van der Waals surface area contributed by atoms with Gasteiger partial charge in [-0.15, -0.1) is 0 Å². The molecule has 160 valence electrons. The molecule has 1 aliphatic heterocycles. The summed E-state index contributed by atoms with van der Waals surface area (Å²) >= 11 is 0. The number of carbonyl (C=O) groups is 2. The second-order valence-corrected chi connectivity index (χ2v) is 9.82. The number of nitrogens with zero attached hydrogens (tertiary/aromatic N) is 2. The lowest BCUT2D eigenvalue weighted by molar-refractivity contribution is -0.116. The van der Waals surface area contributed by atoms with Gasteiger partial charge in [-0.25, -0.2) is 8.42 Å². The van der Waals surface area contributed by atoms with Crippen LogP contribution in [0.4, 0.5) is 11.4 Å². The van der Waals surface area contributed by atoms with Crippen LogP contribution in [0.25, 0.3) is 0 Å². The van der Waals surface area contributed by atoms with Gasteiger partial charge in [0.05, 0.1) is 11.4 Å². The van der Waals surface area contributed by atoms with Crippen LogP contribution in [-0.4, -0.2) is 51.1 Å². The molecule has 2 aromatic carbocycles. The molecule has 1 heterocycles. The van der Waals surface area contributed by atoms with E-state index in [4.69, 9.17) is 0 Å². The van der Waals surface area contributed by atoms with Crippen molar-refractivity contribution in [3.8, 4) is 0 Å². The minimum Gasteiger partial charge on any atom is -0.371 e. The van der Waals surface area contributed by atoms with Crippen LogP contribution in [0.2, 0.25) is 0 Å². The van der Waals surface area contributed by atoms with Gasteiger partial charge in [0.2, 0.25) is 15.9 Å². The first-order chi connectivity index (χ1) is 14.2. The minimum absolute atomic E-state index is 0.0343. The van der Waals surface area contributed by atoms with Gasteiger partial charge in [0.25, 0.3) is 0 Å². The summed E-state index contributed by atoms with van der Waals surface area (Å²) in [4.78, 5) is 26.1. The van der Waals surface area contributed by atoms with Crippen molar-refractivity contribution in [3.63, 3.8) is 0 Å². The molecular formula is C22H27N3O4S. The van der Waals surface area contributed by atoms with Gasteiger partial charge in [0, 0.05) is 37.1 Å². The number of Topliss-reactive ketones (excluding diaryl/α,β-unsaturated/α-hetero) is 1. The number of likely N-dealkylation sites (N-methyl/N-ethyl adjacent to an activating group) is 1. The van der Waals surface area contributed by atoms with E-state index < -0.39 is 15.9 Å². The Hall–Kier alpha value is -2.71. The molecule has 0 aromatic heterocycles. The van der Waals surface area contributed by atoms with E-state index in [9.17, 15) is 18.0 Å². The van der Waals surface area contributed by atoms with E-state index in [1.54, 1.807) is 0 Å². The predicted molar refractivity (Wildman–Crippen MR) is 117 cm³/mol. The number of amides is 1. The van der Waals surface area contributed by atoms with Gasteiger partial charge in [-0.3, -0.25) is 9.59 Å². The molecule has 3 rings (SSSR count). The zero-order chi connectivity index (χ0) is 21.9. The maximum absolute atomic E-state index is 12.7. The molecule has 0 radical (unpaired) electrons. The molecule has 0 spiro atoms. The monoisotopic (exact) mass is 429 g/mol. The topological polar surface area (TPSA) is 86.8 Å². The molecule has 2 aromatic rings. The van der Waals surface area contributed by atoms with E-state index in [1.807, 2.05) is 24.3 Å². The number of hydrogen-bond donors (Lipinski definition) is 1. The maximum Gasteiger partial charge on any atom is 0.243 e. The largest absolute Gasteiger partial charge is 0.371 e. The summed E-state index contributed by atoms with van der Waals surface area (Å²) in [6.45, 7) is 5.39. The minimum atomic E-state index is -3.84. The Morgan fingerprint density at radius 2 is 1.73 bits per heavy atom. The van der Waals surface area contributed by atoms with Crippen LogP contribution in [-0.2, 0) is 14.8 Å². The van der Waals surface area contributed by atoms with Gasteiger partial charge in [-0.2, -0.15) is 4.31 Å². The summed E-state index contributed by atoms with van der Waals surface area (Å²) in [5.41, 5.74) is 2.17. The third-order valence-electron chi connectivity index (χ3n) is 5.28. The van der Waals surface area contributed by atoms with Gasteiger partial charge in [-0.1, -0.05) is 19.1 Å². The molecule has 30 heavy (non-hydrogen) atoms. The molecule has 1 N–H and O–H groups in total. The van der Waals surface area contributed by atoms with Crippen LogP contribution in [0.1, 0.15) is 30.6 Å². The van der Waals surface area contributed by atoms with Crippen molar-refractivity contribution >= 4 is 33.1 Å². The summed E-state index contributed by atoms with van der Waals surface area (Å²) in [5, 5.41) is 2.74. The van der Waals surface area contributed by atoms with Gasteiger partial charge in [0.15, 0.2) is 5.78 Å². The molecule has 0 bridgehead atoms. The first-order valence-electron chi connectivity index (χ1n) is 9.89. The van der Waals surface area contributed by atoms with E-state index in [-0.39, 0.29) is 17.2 Å². The lowest BCUT2D eigenvalue weighted by Crippen LogP contribution is -2.35. The van der Waals surface area contributed by atoms with Crippen molar-refractivity contribution in [2.75, 3.05) is 36.9 Å². The predicted octanol–water partition coefficient (Wildman–Crippen LogP) is 2.99. The number of benzene rings is 2. The molecule has 0 aliphatic carbocycles. The highest BCUT2D eigenvalue weighted by Crippen LogP contribution is 2.25. The second-order valence-electron chi connectivity index (χ2n) is 7.78. The van der Waals surface area contributed by atoms with Crippen molar-refractivity contribution in [1.82, 2.24) is 4.31 Å². The van der Waals surface area contributed by atoms with E-state index in [1.165, 1.54) is 44.7 Å². The van der Waals surface area contributed by atoms with Crippen LogP contribution in [0.5, 0.6) is 0 Å². The Balaban J connectivity index is 1.60. The molecule has 8 heteroatoms. The van der Waals surface area contributed by atoms with Crippen LogP contribution in [0, 0.1) is 5.92 Å². The number of hydrogen-bond acceptors (Lipinski definition) is 5. The lowest BCUT2D eigenvalue weighted by Gasteiger charge is -2.19. The lowest BCUT2D eigenvalue weighted by atomic mass is 10.2. The van der Waals surface area contributed by atoms with Crippen LogP contribution >= 0.6 is 0 Å². The highest BCUT2D eigenvalue weighted by atomic mass is 32.2. The smallest absolute Gasteiger partial charge is 0.243 e. The molecule has 1 aliphatic rings. The second kappa shape index (κ2) is 8.97. The first-order valence-corrected chi connectivity index (χ1v) is 11.3. The molecular weight excluding hydrogens is 402 g/mol. The molecule has 1 atom stereocenters. The molecule has 1 saturated heterocycles. The van der Waals surface area contributed by atoms with Crippen molar-refractivity contribution in [3.05, 3.63) is 54.1 Å². The van der Waals surface area contributed by atoms with E-state index in [2.05, 4.69) is 17.1 Å². The van der Waals surface area contributed by atoms with Gasteiger partial charge in [-0.05, 0) is 55.7 Å². The number of carbonyl (C=O) groups excluding carboxylic acids is 2. The number of anilines is 2. The van der Waals surface area contributed by atoms with E-state index in [0.717, 1.165) is 23.1 Å². The highest BCUT2D eigenvalue weighted by molar-refractivity contribution is 7.89. The summed E-state index contributed by atoms with van der Waals surface area (Å²) in [6.07, 6.45) is 1.18. The highest BCUT2D eigenvalue weighted by Gasteiger charge is 2.23. The van der Waals surface area contributed by atoms with Crippen molar-refractivity contribution in [2.24, 2.45) is 5.92 Å². The molecule has 7 nitrogen and oxygen atoms in total.